The predicted molar refractivity (Wildman–Crippen MR) is 98.0 cm³/mol. The molecule has 8 heteroatoms. The summed E-state index contributed by atoms with van der Waals surface area (Å²) in [6.07, 6.45) is 0.237. The maximum absolute atomic E-state index is 13.8. The van der Waals surface area contributed by atoms with E-state index in [9.17, 15) is 9.18 Å². The van der Waals surface area contributed by atoms with Crippen molar-refractivity contribution in [2.24, 2.45) is 0 Å². The number of fused-ring (bicyclic) bond motifs is 1. The van der Waals surface area contributed by atoms with Crippen LogP contribution >= 0.6 is 0 Å². The fraction of sp³-hybridized carbons (Fsp3) is 0.200. The predicted octanol–water partition coefficient (Wildman–Crippen LogP) is 3.52. The van der Waals surface area contributed by atoms with Crippen molar-refractivity contribution in [3.05, 3.63) is 77.1 Å². The van der Waals surface area contributed by atoms with E-state index in [0.29, 0.717) is 39.9 Å². The van der Waals surface area contributed by atoms with Gasteiger partial charge in [-0.15, -0.1) is 10.2 Å². The van der Waals surface area contributed by atoms with Crippen molar-refractivity contribution in [3.63, 3.8) is 0 Å². The topological polar surface area (TPSA) is 85.3 Å². The van der Waals surface area contributed by atoms with Crippen molar-refractivity contribution in [2.45, 2.75) is 19.9 Å². The van der Waals surface area contributed by atoms with E-state index in [1.54, 1.807) is 50.4 Å². The molecular weight excluding hydrogens is 363 g/mol. The lowest BCUT2D eigenvalue weighted by Crippen LogP contribution is -2.26. The smallest absolute Gasteiger partial charge is 0.254 e. The monoisotopic (exact) mass is 380 g/mol. The van der Waals surface area contributed by atoms with Crippen molar-refractivity contribution in [2.75, 3.05) is 7.05 Å². The molecule has 0 aliphatic rings. The molecule has 2 heterocycles. The Morgan fingerprint density at radius 1 is 1.11 bits per heavy atom. The SMILES string of the molecule is Cc1nnc(CN(C)C(=O)c2ccc3nc(Cc4ccccc4F)oc3c2)o1. The van der Waals surface area contributed by atoms with Crippen LogP contribution in [0.4, 0.5) is 4.39 Å². The molecule has 4 rings (SSSR count). The number of oxazole rings is 1. The molecule has 0 unspecified atom stereocenters. The van der Waals surface area contributed by atoms with Gasteiger partial charge in [-0.2, -0.15) is 0 Å². The van der Waals surface area contributed by atoms with Gasteiger partial charge in [0.2, 0.25) is 11.8 Å². The van der Waals surface area contributed by atoms with E-state index in [4.69, 9.17) is 8.83 Å². The lowest BCUT2D eigenvalue weighted by atomic mass is 10.1. The van der Waals surface area contributed by atoms with Crippen molar-refractivity contribution in [3.8, 4) is 0 Å². The van der Waals surface area contributed by atoms with Gasteiger partial charge in [0, 0.05) is 19.5 Å². The van der Waals surface area contributed by atoms with Crippen LogP contribution in [0, 0.1) is 12.7 Å². The zero-order valence-corrected chi connectivity index (χ0v) is 15.3. The highest BCUT2D eigenvalue weighted by atomic mass is 19.1. The molecule has 0 spiro atoms. The number of halogens is 1. The van der Waals surface area contributed by atoms with E-state index in [0.717, 1.165) is 0 Å². The fourth-order valence-electron chi connectivity index (χ4n) is 2.88. The highest BCUT2D eigenvalue weighted by molar-refractivity contribution is 5.96. The minimum atomic E-state index is -0.307. The third-order valence-electron chi connectivity index (χ3n) is 4.27. The first kappa shape index (κ1) is 17.8. The molecule has 4 aromatic rings. The van der Waals surface area contributed by atoms with E-state index in [-0.39, 0.29) is 24.7 Å². The van der Waals surface area contributed by atoms with Crippen molar-refractivity contribution in [1.82, 2.24) is 20.1 Å². The van der Waals surface area contributed by atoms with Crippen LogP contribution in [0.15, 0.2) is 51.3 Å². The summed E-state index contributed by atoms with van der Waals surface area (Å²) >= 11 is 0. The van der Waals surface area contributed by atoms with Crippen LogP contribution < -0.4 is 0 Å². The second-order valence-corrected chi connectivity index (χ2v) is 6.43. The normalized spacial score (nSPS) is 11.1. The van der Waals surface area contributed by atoms with E-state index in [2.05, 4.69) is 15.2 Å². The maximum Gasteiger partial charge on any atom is 0.254 e. The number of hydrogen-bond acceptors (Lipinski definition) is 6. The summed E-state index contributed by atoms with van der Waals surface area (Å²) in [7, 11) is 1.65. The zero-order chi connectivity index (χ0) is 19.7. The molecule has 0 N–H and O–H groups in total. The van der Waals surface area contributed by atoms with Gasteiger partial charge in [0.25, 0.3) is 5.91 Å². The van der Waals surface area contributed by atoms with Gasteiger partial charge in [0.05, 0.1) is 13.0 Å². The highest BCUT2D eigenvalue weighted by Crippen LogP contribution is 2.21. The number of nitrogens with zero attached hydrogens (tertiary/aromatic N) is 4. The van der Waals surface area contributed by atoms with E-state index in [1.807, 2.05) is 0 Å². The largest absolute Gasteiger partial charge is 0.440 e. The second-order valence-electron chi connectivity index (χ2n) is 6.43. The number of carbonyl (C=O) groups is 1. The first-order chi connectivity index (χ1) is 13.5. The molecule has 2 aromatic carbocycles. The molecule has 28 heavy (non-hydrogen) atoms. The van der Waals surface area contributed by atoms with Crippen molar-refractivity contribution in [1.29, 1.82) is 0 Å². The van der Waals surface area contributed by atoms with Crippen LogP contribution in [0.5, 0.6) is 0 Å². The summed E-state index contributed by atoms with van der Waals surface area (Å²) < 4.78 is 24.9. The van der Waals surface area contributed by atoms with Crippen LogP contribution in [0.3, 0.4) is 0 Å². The lowest BCUT2D eigenvalue weighted by molar-refractivity contribution is 0.0772. The second kappa shape index (κ2) is 7.22. The van der Waals surface area contributed by atoms with Crippen LogP contribution in [0.25, 0.3) is 11.1 Å². The molecule has 7 nitrogen and oxygen atoms in total. The Balaban J connectivity index is 1.54. The summed E-state index contributed by atoms with van der Waals surface area (Å²) in [4.78, 5) is 18.5. The fourth-order valence-corrected chi connectivity index (χ4v) is 2.88. The number of aryl methyl sites for hydroxylation is 1. The van der Waals surface area contributed by atoms with E-state index >= 15 is 0 Å². The molecule has 1 amide bonds. The molecule has 0 atom stereocenters. The standard InChI is InChI=1S/C20H17FN4O3/c1-12-23-24-19(27-12)11-25(2)20(26)14-7-8-16-17(9-14)28-18(22-16)10-13-5-3-4-6-15(13)21/h3-9H,10-11H2,1-2H3. The highest BCUT2D eigenvalue weighted by Gasteiger charge is 2.17. The Bertz CT molecular complexity index is 1150. The Morgan fingerprint density at radius 2 is 1.93 bits per heavy atom. The van der Waals surface area contributed by atoms with Crippen LogP contribution in [0.2, 0.25) is 0 Å². The van der Waals surface area contributed by atoms with Crippen LogP contribution in [0.1, 0.15) is 33.6 Å². The first-order valence-electron chi connectivity index (χ1n) is 8.67. The summed E-state index contributed by atoms with van der Waals surface area (Å²) in [6.45, 7) is 1.89. The molecule has 0 saturated carbocycles. The zero-order valence-electron chi connectivity index (χ0n) is 15.3. The summed E-state index contributed by atoms with van der Waals surface area (Å²) in [5, 5.41) is 7.64. The first-order valence-corrected chi connectivity index (χ1v) is 8.67. The third-order valence-corrected chi connectivity index (χ3v) is 4.27. The minimum absolute atomic E-state index is 0.201. The summed E-state index contributed by atoms with van der Waals surface area (Å²) in [6, 6.07) is 11.5. The molecule has 2 aromatic heterocycles. The van der Waals surface area contributed by atoms with Gasteiger partial charge in [-0.05, 0) is 29.8 Å². The van der Waals surface area contributed by atoms with E-state index < -0.39 is 0 Å². The van der Waals surface area contributed by atoms with Crippen molar-refractivity contribution >= 4 is 17.0 Å². The average Bonchev–Trinajstić information content (AvgIpc) is 3.27. The van der Waals surface area contributed by atoms with Crippen molar-refractivity contribution < 1.29 is 18.0 Å². The van der Waals surface area contributed by atoms with Gasteiger partial charge in [-0.1, -0.05) is 18.2 Å². The average molecular weight is 380 g/mol. The summed E-state index contributed by atoms with van der Waals surface area (Å²) in [5.74, 6) is 0.672. The number of amides is 1. The van der Waals surface area contributed by atoms with Gasteiger partial charge in [0.15, 0.2) is 11.5 Å². The van der Waals surface area contributed by atoms with Gasteiger partial charge in [-0.25, -0.2) is 9.37 Å². The Kier molecular flexibility index (Phi) is 4.60. The molecule has 0 radical (unpaired) electrons. The molecule has 0 bridgehead atoms. The number of benzene rings is 2. The molecule has 0 aliphatic heterocycles. The Labute approximate surface area is 159 Å². The molecule has 0 saturated heterocycles. The number of aromatic nitrogens is 3. The molecular formula is C20H17FN4O3. The van der Waals surface area contributed by atoms with Gasteiger partial charge >= 0.3 is 0 Å². The molecule has 142 valence electrons. The summed E-state index contributed by atoms with van der Waals surface area (Å²) in [5.41, 5.74) is 2.03. The molecule has 0 fully saturated rings. The van der Waals surface area contributed by atoms with E-state index in [1.165, 1.54) is 11.0 Å². The Morgan fingerprint density at radius 3 is 2.68 bits per heavy atom. The van der Waals surface area contributed by atoms with Gasteiger partial charge in [0.1, 0.15) is 11.3 Å². The van der Waals surface area contributed by atoms with Crippen LogP contribution in [-0.4, -0.2) is 33.0 Å². The Hall–Kier alpha value is -3.55. The number of hydrogen-bond donors (Lipinski definition) is 0. The molecule has 0 aliphatic carbocycles. The van der Waals surface area contributed by atoms with Gasteiger partial charge < -0.3 is 13.7 Å². The number of carbonyl (C=O) groups excluding carboxylic acids is 1. The van der Waals surface area contributed by atoms with Gasteiger partial charge in [-0.3, -0.25) is 4.79 Å². The number of rotatable bonds is 5. The van der Waals surface area contributed by atoms with Crippen LogP contribution in [-0.2, 0) is 13.0 Å². The maximum atomic E-state index is 13.8. The quantitative estimate of drug-likeness (QED) is 0.527. The lowest BCUT2D eigenvalue weighted by Gasteiger charge is -2.14. The third kappa shape index (κ3) is 3.62. The minimum Gasteiger partial charge on any atom is -0.440 e.